The number of halogens is 3. The van der Waals surface area contributed by atoms with Crippen LogP contribution in [0.1, 0.15) is 24.7 Å². The average Bonchev–Trinajstić information content (AvgIpc) is 2.92. The van der Waals surface area contributed by atoms with Gasteiger partial charge < -0.3 is 9.88 Å². The molecule has 0 atom stereocenters. The zero-order valence-electron chi connectivity index (χ0n) is 14.2. The summed E-state index contributed by atoms with van der Waals surface area (Å²) < 4.78 is 40.2. The molecule has 1 amide bonds. The number of nitrogens with one attached hydrogen (secondary N) is 1. The number of hydrogen-bond acceptors (Lipinski definition) is 2. The molecule has 1 aromatic heterocycles. The lowest BCUT2D eigenvalue weighted by atomic mass is 10.2. The number of nitrogens with zero attached hydrogens (tertiary/aromatic N) is 2. The topological polar surface area (TPSA) is 46.9 Å². The molecule has 0 fully saturated rings. The van der Waals surface area contributed by atoms with Crippen molar-refractivity contribution in [1.82, 2.24) is 9.55 Å². The molecule has 4 nitrogen and oxygen atoms in total. The van der Waals surface area contributed by atoms with Gasteiger partial charge >= 0.3 is 6.18 Å². The standard InChI is InChI=1S/C19H18F3N3O/c1-2-6-17-24-15-9-3-4-10-16(15)25(17)12-18(26)23-14-8-5-7-13(11-14)19(20,21)22/h3-5,7-11H,2,6,12H2,1H3,(H,23,26). The monoisotopic (exact) mass is 361 g/mol. The number of imidazole rings is 1. The van der Waals surface area contributed by atoms with Crippen molar-refractivity contribution in [2.45, 2.75) is 32.5 Å². The van der Waals surface area contributed by atoms with Crippen LogP contribution in [0.2, 0.25) is 0 Å². The maximum atomic E-state index is 12.8. The smallest absolute Gasteiger partial charge is 0.325 e. The fourth-order valence-corrected chi connectivity index (χ4v) is 2.83. The number of aromatic nitrogens is 2. The Balaban J connectivity index is 1.83. The number of amides is 1. The Morgan fingerprint density at radius 3 is 2.65 bits per heavy atom. The van der Waals surface area contributed by atoms with Crippen molar-refractivity contribution >= 4 is 22.6 Å². The summed E-state index contributed by atoms with van der Waals surface area (Å²) in [6, 6.07) is 12.1. The molecular weight excluding hydrogens is 343 g/mol. The molecule has 0 aliphatic rings. The van der Waals surface area contributed by atoms with Gasteiger partial charge in [0.25, 0.3) is 0 Å². The van der Waals surface area contributed by atoms with E-state index < -0.39 is 17.6 Å². The van der Waals surface area contributed by atoms with E-state index in [1.165, 1.54) is 12.1 Å². The number of para-hydroxylation sites is 2. The molecule has 0 bridgehead atoms. The molecule has 3 rings (SSSR count). The molecule has 1 N–H and O–H groups in total. The minimum atomic E-state index is -4.45. The molecule has 3 aromatic rings. The van der Waals surface area contributed by atoms with E-state index in [-0.39, 0.29) is 12.2 Å². The third-order valence-corrected chi connectivity index (χ3v) is 3.98. The first kappa shape index (κ1) is 18.0. The summed E-state index contributed by atoms with van der Waals surface area (Å²) in [4.78, 5) is 16.9. The van der Waals surface area contributed by atoms with Crippen LogP contribution < -0.4 is 5.32 Å². The van der Waals surface area contributed by atoms with E-state index >= 15 is 0 Å². The van der Waals surface area contributed by atoms with Crippen LogP contribution in [0.25, 0.3) is 11.0 Å². The minimum Gasteiger partial charge on any atom is -0.325 e. The highest BCUT2D eigenvalue weighted by Gasteiger charge is 2.30. The zero-order chi connectivity index (χ0) is 18.7. The number of benzene rings is 2. The molecule has 26 heavy (non-hydrogen) atoms. The number of fused-ring (bicyclic) bond motifs is 1. The van der Waals surface area contributed by atoms with E-state index in [1.807, 2.05) is 35.8 Å². The van der Waals surface area contributed by atoms with E-state index in [4.69, 9.17) is 0 Å². The summed E-state index contributed by atoms with van der Waals surface area (Å²) in [5.41, 5.74) is 0.944. The van der Waals surface area contributed by atoms with E-state index in [1.54, 1.807) is 0 Å². The predicted molar refractivity (Wildman–Crippen MR) is 93.8 cm³/mol. The Bertz CT molecular complexity index is 931. The molecule has 7 heteroatoms. The SMILES string of the molecule is CCCc1nc2ccccc2n1CC(=O)Nc1cccc(C(F)(F)F)c1. The fourth-order valence-electron chi connectivity index (χ4n) is 2.83. The first-order valence-electron chi connectivity index (χ1n) is 8.29. The van der Waals surface area contributed by atoms with Crippen molar-refractivity contribution in [3.63, 3.8) is 0 Å². The molecule has 2 aromatic carbocycles. The van der Waals surface area contributed by atoms with Gasteiger partial charge in [-0.05, 0) is 36.8 Å². The summed E-state index contributed by atoms with van der Waals surface area (Å²) in [6.07, 6.45) is -2.86. The van der Waals surface area contributed by atoms with Crippen molar-refractivity contribution in [1.29, 1.82) is 0 Å². The van der Waals surface area contributed by atoms with E-state index in [0.717, 1.165) is 35.4 Å². The number of hydrogen-bond donors (Lipinski definition) is 1. The highest BCUT2D eigenvalue weighted by Crippen LogP contribution is 2.30. The molecule has 0 saturated heterocycles. The van der Waals surface area contributed by atoms with Crippen LogP contribution in [0.3, 0.4) is 0 Å². The normalized spacial score (nSPS) is 11.7. The van der Waals surface area contributed by atoms with Crippen LogP contribution in [0.4, 0.5) is 18.9 Å². The number of anilines is 1. The molecule has 0 unspecified atom stereocenters. The lowest BCUT2D eigenvalue weighted by Gasteiger charge is -2.12. The van der Waals surface area contributed by atoms with E-state index in [9.17, 15) is 18.0 Å². The van der Waals surface area contributed by atoms with Crippen LogP contribution in [0.15, 0.2) is 48.5 Å². The largest absolute Gasteiger partial charge is 0.416 e. The van der Waals surface area contributed by atoms with Gasteiger partial charge in [-0.15, -0.1) is 0 Å². The third kappa shape index (κ3) is 3.87. The van der Waals surface area contributed by atoms with E-state index in [2.05, 4.69) is 10.3 Å². The average molecular weight is 361 g/mol. The highest BCUT2D eigenvalue weighted by molar-refractivity contribution is 5.91. The quantitative estimate of drug-likeness (QED) is 0.719. The molecule has 136 valence electrons. The second kappa shape index (κ2) is 7.19. The molecular formula is C19H18F3N3O. The molecule has 0 spiro atoms. The van der Waals surface area contributed by atoms with Gasteiger partial charge in [-0.1, -0.05) is 25.1 Å². The molecule has 0 aliphatic carbocycles. The number of carbonyl (C=O) groups excluding carboxylic acids is 1. The van der Waals surface area contributed by atoms with Crippen molar-refractivity contribution in [2.24, 2.45) is 0 Å². The summed E-state index contributed by atoms with van der Waals surface area (Å²) in [5, 5.41) is 2.54. The van der Waals surface area contributed by atoms with Gasteiger partial charge in [0, 0.05) is 12.1 Å². The fraction of sp³-hybridized carbons (Fsp3) is 0.263. The minimum absolute atomic E-state index is 0.00785. The van der Waals surface area contributed by atoms with Crippen LogP contribution >= 0.6 is 0 Å². The lowest BCUT2D eigenvalue weighted by Crippen LogP contribution is -2.20. The van der Waals surface area contributed by atoms with Crippen LogP contribution in [0.5, 0.6) is 0 Å². The number of rotatable bonds is 5. The predicted octanol–water partition coefficient (Wildman–Crippen LogP) is 4.65. The van der Waals surface area contributed by atoms with Gasteiger partial charge in [0.2, 0.25) is 5.91 Å². The highest BCUT2D eigenvalue weighted by atomic mass is 19.4. The molecule has 1 heterocycles. The first-order chi connectivity index (χ1) is 12.4. The zero-order valence-corrected chi connectivity index (χ0v) is 14.2. The summed E-state index contributed by atoms with van der Waals surface area (Å²) in [7, 11) is 0. The van der Waals surface area contributed by atoms with Crippen molar-refractivity contribution in [2.75, 3.05) is 5.32 Å². The Morgan fingerprint density at radius 1 is 1.15 bits per heavy atom. The molecule has 0 aliphatic heterocycles. The molecule has 0 saturated carbocycles. The van der Waals surface area contributed by atoms with E-state index in [0.29, 0.717) is 6.42 Å². The Morgan fingerprint density at radius 2 is 1.92 bits per heavy atom. The summed E-state index contributed by atoms with van der Waals surface area (Å²) >= 11 is 0. The summed E-state index contributed by atoms with van der Waals surface area (Å²) in [5.74, 6) is 0.387. The van der Waals surface area contributed by atoms with Gasteiger partial charge in [0.1, 0.15) is 12.4 Å². The van der Waals surface area contributed by atoms with Crippen molar-refractivity contribution < 1.29 is 18.0 Å². The number of alkyl halides is 3. The number of aryl methyl sites for hydroxylation is 1. The van der Waals surface area contributed by atoms with Crippen LogP contribution in [0, 0.1) is 0 Å². The first-order valence-corrected chi connectivity index (χ1v) is 8.29. The van der Waals surface area contributed by atoms with Crippen LogP contribution in [-0.4, -0.2) is 15.5 Å². The van der Waals surface area contributed by atoms with Crippen LogP contribution in [-0.2, 0) is 23.9 Å². The van der Waals surface area contributed by atoms with Gasteiger partial charge in [0.05, 0.1) is 16.6 Å². The van der Waals surface area contributed by atoms with Gasteiger partial charge in [-0.25, -0.2) is 4.98 Å². The third-order valence-electron chi connectivity index (χ3n) is 3.98. The second-order valence-electron chi connectivity index (χ2n) is 5.98. The van der Waals surface area contributed by atoms with Gasteiger partial charge in [-0.3, -0.25) is 4.79 Å². The Kier molecular flexibility index (Phi) is 4.97. The Hall–Kier alpha value is -2.83. The van der Waals surface area contributed by atoms with Gasteiger partial charge in [0.15, 0.2) is 0 Å². The van der Waals surface area contributed by atoms with Crippen molar-refractivity contribution in [3.05, 3.63) is 59.9 Å². The second-order valence-corrected chi connectivity index (χ2v) is 5.98. The Labute approximate surface area is 148 Å². The molecule has 0 radical (unpaired) electrons. The maximum Gasteiger partial charge on any atom is 0.416 e. The maximum absolute atomic E-state index is 12.8. The summed E-state index contributed by atoms with van der Waals surface area (Å²) in [6.45, 7) is 2.01. The lowest BCUT2D eigenvalue weighted by molar-refractivity contribution is -0.137. The van der Waals surface area contributed by atoms with Gasteiger partial charge in [-0.2, -0.15) is 13.2 Å². The van der Waals surface area contributed by atoms with Crippen molar-refractivity contribution in [3.8, 4) is 0 Å². The number of carbonyl (C=O) groups is 1.